The normalized spacial score (nSPS) is 17.0. The Kier molecular flexibility index (Phi) is 6.39. The Balaban J connectivity index is 1.77. The van der Waals surface area contributed by atoms with Gasteiger partial charge in [0.2, 0.25) is 5.91 Å². The highest BCUT2D eigenvalue weighted by molar-refractivity contribution is 5.76. The summed E-state index contributed by atoms with van der Waals surface area (Å²) in [4.78, 5) is 14.4. The van der Waals surface area contributed by atoms with Crippen LogP contribution in [0.4, 0.5) is 0 Å². The third kappa shape index (κ3) is 4.49. The largest absolute Gasteiger partial charge is 0.386 e. The Morgan fingerprint density at radius 2 is 1.58 bits per heavy atom. The van der Waals surface area contributed by atoms with Crippen molar-refractivity contribution in [2.24, 2.45) is 0 Å². The molecule has 0 spiro atoms. The quantitative estimate of drug-likeness (QED) is 0.829. The van der Waals surface area contributed by atoms with Gasteiger partial charge >= 0.3 is 0 Å². The number of carbonyl (C=O) groups excluding carboxylic acids is 1. The minimum atomic E-state index is -0.813. The van der Waals surface area contributed by atoms with Gasteiger partial charge in [0.1, 0.15) is 6.10 Å². The first kappa shape index (κ1) is 18.6. The summed E-state index contributed by atoms with van der Waals surface area (Å²) in [5.41, 5.74) is 1.68. The van der Waals surface area contributed by atoms with Crippen molar-refractivity contribution < 1.29 is 19.4 Å². The fraction of sp³-hybridized carbons (Fsp3) is 0.381. The molecule has 138 valence electrons. The summed E-state index contributed by atoms with van der Waals surface area (Å²) in [6.07, 6.45) is -0.286. The second-order valence-electron chi connectivity index (χ2n) is 6.43. The van der Waals surface area contributed by atoms with Gasteiger partial charge < -0.3 is 19.5 Å². The highest BCUT2D eigenvalue weighted by Gasteiger charge is 2.30. The van der Waals surface area contributed by atoms with Gasteiger partial charge in [-0.3, -0.25) is 4.79 Å². The molecular weight excluding hydrogens is 330 g/mol. The molecule has 0 aliphatic carbocycles. The number of amides is 1. The molecule has 0 saturated carbocycles. The summed E-state index contributed by atoms with van der Waals surface area (Å²) in [6, 6.07) is 18.6. The molecule has 5 heteroatoms. The Bertz CT molecular complexity index is 686. The lowest BCUT2D eigenvalue weighted by molar-refractivity contribution is -0.137. The van der Waals surface area contributed by atoms with Crippen molar-refractivity contribution in [2.75, 3.05) is 20.3 Å². The van der Waals surface area contributed by atoms with Crippen molar-refractivity contribution in [3.63, 3.8) is 0 Å². The van der Waals surface area contributed by atoms with Crippen LogP contribution in [0.5, 0.6) is 0 Å². The summed E-state index contributed by atoms with van der Waals surface area (Å²) in [5.74, 6) is -0.0482. The molecule has 2 aromatic rings. The predicted molar refractivity (Wildman–Crippen MR) is 98.3 cm³/mol. The Hall–Kier alpha value is -2.21. The maximum atomic E-state index is 12.8. The van der Waals surface area contributed by atoms with Crippen LogP contribution >= 0.6 is 0 Å². The molecule has 0 aromatic heterocycles. The third-order valence-corrected chi connectivity index (χ3v) is 4.68. The van der Waals surface area contributed by atoms with E-state index in [1.54, 1.807) is 11.9 Å². The smallest absolute Gasteiger partial charge is 0.223 e. The molecule has 1 fully saturated rings. The number of hydrogen-bond acceptors (Lipinski definition) is 4. The van der Waals surface area contributed by atoms with Crippen molar-refractivity contribution in [1.82, 2.24) is 4.90 Å². The monoisotopic (exact) mass is 355 g/mol. The van der Waals surface area contributed by atoms with E-state index in [2.05, 4.69) is 0 Å². The highest BCUT2D eigenvalue weighted by atomic mass is 16.7. The van der Waals surface area contributed by atoms with Gasteiger partial charge in [0.15, 0.2) is 6.29 Å². The molecule has 0 radical (unpaired) electrons. The first-order chi connectivity index (χ1) is 12.7. The van der Waals surface area contributed by atoms with E-state index in [4.69, 9.17) is 9.47 Å². The zero-order valence-corrected chi connectivity index (χ0v) is 15.0. The first-order valence-corrected chi connectivity index (χ1v) is 8.93. The van der Waals surface area contributed by atoms with Crippen LogP contribution in [-0.2, 0) is 14.3 Å². The van der Waals surface area contributed by atoms with Gasteiger partial charge in [-0.2, -0.15) is 0 Å². The van der Waals surface area contributed by atoms with E-state index in [9.17, 15) is 9.90 Å². The molecule has 1 heterocycles. The second-order valence-corrected chi connectivity index (χ2v) is 6.43. The van der Waals surface area contributed by atoms with E-state index in [1.165, 1.54) is 0 Å². The van der Waals surface area contributed by atoms with E-state index < -0.39 is 12.1 Å². The van der Waals surface area contributed by atoms with E-state index in [0.717, 1.165) is 11.1 Å². The molecule has 0 unspecified atom stereocenters. The van der Waals surface area contributed by atoms with Crippen molar-refractivity contribution in [1.29, 1.82) is 0 Å². The average Bonchev–Trinajstić information content (AvgIpc) is 3.21. The number of aliphatic hydroxyl groups is 1. The van der Waals surface area contributed by atoms with Crippen molar-refractivity contribution in [3.8, 4) is 0 Å². The van der Waals surface area contributed by atoms with E-state index >= 15 is 0 Å². The van der Waals surface area contributed by atoms with Crippen molar-refractivity contribution >= 4 is 5.91 Å². The van der Waals surface area contributed by atoms with Crippen LogP contribution in [0.1, 0.15) is 36.1 Å². The number of ether oxygens (including phenoxy) is 2. The topological polar surface area (TPSA) is 59.0 Å². The van der Waals surface area contributed by atoms with Gasteiger partial charge in [-0.05, 0) is 11.1 Å². The molecule has 1 amide bonds. The fourth-order valence-electron chi connectivity index (χ4n) is 3.25. The van der Waals surface area contributed by atoms with Crippen molar-refractivity contribution in [2.45, 2.75) is 31.3 Å². The number of aliphatic hydroxyl groups excluding tert-OH is 1. The molecule has 26 heavy (non-hydrogen) atoms. The van der Waals surface area contributed by atoms with Crippen LogP contribution in [0.25, 0.3) is 0 Å². The van der Waals surface area contributed by atoms with Gasteiger partial charge in [0.05, 0.1) is 19.3 Å². The van der Waals surface area contributed by atoms with E-state index in [1.807, 2.05) is 60.7 Å². The molecule has 1 N–H and O–H groups in total. The fourth-order valence-corrected chi connectivity index (χ4v) is 3.25. The zero-order valence-electron chi connectivity index (χ0n) is 15.0. The third-order valence-electron chi connectivity index (χ3n) is 4.68. The number of hydrogen-bond donors (Lipinski definition) is 1. The molecule has 0 bridgehead atoms. The number of carbonyl (C=O) groups is 1. The molecule has 1 aliphatic rings. The summed E-state index contributed by atoms with van der Waals surface area (Å²) >= 11 is 0. The van der Waals surface area contributed by atoms with Crippen molar-refractivity contribution in [3.05, 3.63) is 71.8 Å². The van der Waals surface area contributed by atoms with Gasteiger partial charge in [-0.15, -0.1) is 0 Å². The Labute approximate surface area is 154 Å². The maximum absolute atomic E-state index is 12.8. The predicted octanol–water partition coefficient (Wildman–Crippen LogP) is 3.07. The minimum Gasteiger partial charge on any atom is -0.386 e. The number of benzene rings is 2. The van der Waals surface area contributed by atoms with Crippen LogP contribution in [0, 0.1) is 0 Å². The van der Waals surface area contributed by atoms with Crippen LogP contribution in [0.2, 0.25) is 0 Å². The van der Waals surface area contributed by atoms with E-state index in [-0.39, 0.29) is 12.2 Å². The highest BCUT2D eigenvalue weighted by Crippen LogP contribution is 2.33. The van der Waals surface area contributed by atoms with Crippen LogP contribution in [0.3, 0.4) is 0 Å². The zero-order chi connectivity index (χ0) is 18.4. The number of nitrogens with zero attached hydrogens (tertiary/aromatic N) is 1. The molecule has 1 aliphatic heterocycles. The lowest BCUT2D eigenvalue weighted by atomic mass is 9.94. The van der Waals surface area contributed by atoms with Gasteiger partial charge in [-0.1, -0.05) is 60.7 Å². The Morgan fingerprint density at radius 1 is 1.04 bits per heavy atom. The van der Waals surface area contributed by atoms with Crippen LogP contribution in [-0.4, -0.2) is 42.5 Å². The lowest BCUT2D eigenvalue weighted by Gasteiger charge is -2.33. The summed E-state index contributed by atoms with van der Waals surface area (Å²) < 4.78 is 10.8. The van der Waals surface area contributed by atoms with Crippen LogP contribution in [0.15, 0.2) is 60.7 Å². The molecular formula is C21H25NO4. The van der Waals surface area contributed by atoms with Crippen LogP contribution < -0.4 is 0 Å². The first-order valence-electron chi connectivity index (χ1n) is 8.93. The number of rotatable bonds is 7. The molecule has 2 aromatic carbocycles. The minimum absolute atomic E-state index is 0.0482. The van der Waals surface area contributed by atoms with E-state index in [0.29, 0.717) is 26.1 Å². The molecule has 2 atom stereocenters. The molecule has 5 nitrogen and oxygen atoms in total. The molecule has 1 saturated heterocycles. The summed E-state index contributed by atoms with van der Waals surface area (Å²) in [7, 11) is 1.74. The van der Waals surface area contributed by atoms with Gasteiger partial charge in [0, 0.05) is 19.9 Å². The standard InChI is InChI=1S/C21H25NO4/c1-22(18(23)12-13-19-25-14-15-26-19)20(16-8-4-2-5-9-16)21(24)17-10-6-3-7-11-17/h2-11,19-21,24H,12-15H2,1H3/t20-,21-/m1/s1. The van der Waals surface area contributed by atoms with Gasteiger partial charge in [-0.25, -0.2) is 0 Å². The molecule has 3 rings (SSSR count). The summed E-state index contributed by atoms with van der Waals surface area (Å²) in [6.45, 7) is 1.15. The average molecular weight is 355 g/mol. The maximum Gasteiger partial charge on any atom is 0.223 e. The second kappa shape index (κ2) is 8.94. The SMILES string of the molecule is CN(C(=O)CCC1OCCO1)[C@H](c1ccccc1)[C@H](O)c1ccccc1. The lowest BCUT2D eigenvalue weighted by Crippen LogP contribution is -2.35. The summed E-state index contributed by atoms with van der Waals surface area (Å²) in [5, 5.41) is 11.0. The number of likely N-dealkylation sites (N-methyl/N-ethyl adjacent to an activating group) is 1. The Morgan fingerprint density at radius 3 is 2.15 bits per heavy atom. The van der Waals surface area contributed by atoms with Gasteiger partial charge in [0.25, 0.3) is 0 Å².